The Morgan fingerprint density at radius 1 is 1.29 bits per heavy atom. The number of rotatable bonds is 6. The van der Waals surface area contributed by atoms with Crippen LogP contribution in [0.1, 0.15) is 31.9 Å². The minimum Gasteiger partial charge on any atom is -0.392 e. The zero-order chi connectivity index (χ0) is 12.8. The number of hydrogen-bond donors (Lipinski definition) is 2. The Hall–Kier alpha value is -1.06. The Labute approximate surface area is 104 Å². The molecule has 0 radical (unpaired) electrons. The van der Waals surface area contributed by atoms with Crippen LogP contribution in [0.4, 0.5) is 5.69 Å². The lowest BCUT2D eigenvalue weighted by molar-refractivity contribution is 0.201. The summed E-state index contributed by atoms with van der Waals surface area (Å²) < 4.78 is 0. The Morgan fingerprint density at radius 2 is 1.88 bits per heavy atom. The first kappa shape index (κ1) is 14.0. The highest BCUT2D eigenvalue weighted by atomic mass is 16.3. The van der Waals surface area contributed by atoms with E-state index in [1.54, 1.807) is 6.92 Å². The number of nitrogens with zero attached hydrogens (tertiary/aromatic N) is 1. The van der Waals surface area contributed by atoms with Crippen LogP contribution >= 0.6 is 0 Å². The van der Waals surface area contributed by atoms with Crippen molar-refractivity contribution < 1.29 is 5.11 Å². The van der Waals surface area contributed by atoms with Gasteiger partial charge in [-0.2, -0.15) is 0 Å². The van der Waals surface area contributed by atoms with Crippen molar-refractivity contribution in [1.29, 1.82) is 0 Å². The standard InChI is InChI=1S/C14H24N2O/c1-5-14(15-3)12-6-8-13(9-7-12)16(4)10-11(2)17/h6-9,11,14-15,17H,5,10H2,1-4H3. The Kier molecular flexibility index (Phi) is 5.45. The van der Waals surface area contributed by atoms with Crippen molar-refractivity contribution in [2.24, 2.45) is 0 Å². The molecular weight excluding hydrogens is 212 g/mol. The van der Waals surface area contributed by atoms with Crippen LogP contribution in [-0.2, 0) is 0 Å². The largest absolute Gasteiger partial charge is 0.392 e. The molecule has 0 bridgehead atoms. The third-order valence-electron chi connectivity index (χ3n) is 3.03. The highest BCUT2D eigenvalue weighted by Gasteiger charge is 2.08. The van der Waals surface area contributed by atoms with Crippen LogP contribution in [0.15, 0.2) is 24.3 Å². The lowest BCUT2D eigenvalue weighted by Crippen LogP contribution is -2.26. The number of aliphatic hydroxyl groups excluding tert-OH is 1. The summed E-state index contributed by atoms with van der Waals surface area (Å²) in [5.41, 5.74) is 2.45. The van der Waals surface area contributed by atoms with Gasteiger partial charge in [0, 0.05) is 25.3 Å². The molecule has 0 spiro atoms. The maximum absolute atomic E-state index is 9.35. The molecule has 1 aromatic carbocycles. The number of likely N-dealkylation sites (N-methyl/N-ethyl adjacent to an activating group) is 1. The molecule has 0 saturated heterocycles. The van der Waals surface area contributed by atoms with Crippen molar-refractivity contribution in [2.75, 3.05) is 25.5 Å². The minimum atomic E-state index is -0.305. The van der Waals surface area contributed by atoms with Crippen LogP contribution in [0.5, 0.6) is 0 Å². The van der Waals surface area contributed by atoms with E-state index in [-0.39, 0.29) is 6.10 Å². The molecule has 0 aromatic heterocycles. The van der Waals surface area contributed by atoms with E-state index in [1.165, 1.54) is 5.56 Å². The van der Waals surface area contributed by atoms with Gasteiger partial charge < -0.3 is 15.3 Å². The van der Waals surface area contributed by atoms with Crippen LogP contribution < -0.4 is 10.2 Å². The van der Waals surface area contributed by atoms with Crippen LogP contribution in [0.3, 0.4) is 0 Å². The van der Waals surface area contributed by atoms with Gasteiger partial charge in [-0.05, 0) is 38.1 Å². The molecule has 2 N–H and O–H groups in total. The number of anilines is 1. The van der Waals surface area contributed by atoms with E-state index < -0.39 is 0 Å². The van der Waals surface area contributed by atoms with E-state index in [0.717, 1.165) is 12.1 Å². The summed E-state index contributed by atoms with van der Waals surface area (Å²) in [5.74, 6) is 0. The maximum atomic E-state index is 9.35. The Morgan fingerprint density at radius 3 is 2.29 bits per heavy atom. The van der Waals surface area contributed by atoms with Gasteiger partial charge in [0.25, 0.3) is 0 Å². The van der Waals surface area contributed by atoms with Crippen molar-refractivity contribution in [1.82, 2.24) is 5.32 Å². The van der Waals surface area contributed by atoms with Crippen molar-refractivity contribution in [2.45, 2.75) is 32.4 Å². The second kappa shape index (κ2) is 6.62. The summed E-state index contributed by atoms with van der Waals surface area (Å²) in [7, 11) is 3.98. The second-order valence-electron chi connectivity index (χ2n) is 4.57. The summed E-state index contributed by atoms with van der Waals surface area (Å²) in [6.45, 7) is 4.64. The first-order valence-corrected chi connectivity index (χ1v) is 6.24. The molecule has 3 heteroatoms. The predicted octanol–water partition coefficient (Wildman–Crippen LogP) is 2.17. The number of hydrogen-bond acceptors (Lipinski definition) is 3. The Bertz CT molecular complexity index is 317. The molecule has 0 fully saturated rings. The molecular formula is C14H24N2O. The molecule has 1 rings (SSSR count). The van der Waals surface area contributed by atoms with E-state index in [2.05, 4.69) is 41.4 Å². The summed E-state index contributed by atoms with van der Waals surface area (Å²) in [4.78, 5) is 2.06. The average molecular weight is 236 g/mol. The lowest BCUT2D eigenvalue weighted by Gasteiger charge is -2.22. The molecule has 17 heavy (non-hydrogen) atoms. The van der Waals surface area contributed by atoms with E-state index in [9.17, 15) is 5.11 Å². The van der Waals surface area contributed by atoms with E-state index in [4.69, 9.17) is 0 Å². The molecule has 96 valence electrons. The van der Waals surface area contributed by atoms with Gasteiger partial charge in [0.1, 0.15) is 0 Å². The van der Waals surface area contributed by atoms with Gasteiger partial charge in [-0.15, -0.1) is 0 Å². The fourth-order valence-corrected chi connectivity index (χ4v) is 2.07. The van der Waals surface area contributed by atoms with Gasteiger partial charge in [0.05, 0.1) is 6.10 Å². The molecule has 0 aliphatic heterocycles. The van der Waals surface area contributed by atoms with Gasteiger partial charge >= 0.3 is 0 Å². The molecule has 0 heterocycles. The summed E-state index contributed by atoms with van der Waals surface area (Å²) >= 11 is 0. The van der Waals surface area contributed by atoms with Crippen molar-refractivity contribution in [3.05, 3.63) is 29.8 Å². The van der Waals surface area contributed by atoms with Crippen molar-refractivity contribution >= 4 is 5.69 Å². The van der Waals surface area contributed by atoms with Crippen molar-refractivity contribution in [3.8, 4) is 0 Å². The molecule has 2 atom stereocenters. The first-order valence-electron chi connectivity index (χ1n) is 6.24. The molecule has 2 unspecified atom stereocenters. The van der Waals surface area contributed by atoms with Gasteiger partial charge in [-0.3, -0.25) is 0 Å². The zero-order valence-electron chi connectivity index (χ0n) is 11.3. The number of nitrogens with one attached hydrogen (secondary N) is 1. The molecule has 0 aliphatic rings. The smallest absolute Gasteiger partial charge is 0.0686 e. The van der Waals surface area contributed by atoms with Crippen LogP contribution in [0.25, 0.3) is 0 Å². The molecule has 3 nitrogen and oxygen atoms in total. The number of benzene rings is 1. The maximum Gasteiger partial charge on any atom is 0.0686 e. The third-order valence-corrected chi connectivity index (χ3v) is 3.03. The van der Waals surface area contributed by atoms with E-state index in [1.807, 2.05) is 14.1 Å². The third kappa shape index (κ3) is 4.02. The topological polar surface area (TPSA) is 35.5 Å². The first-order chi connectivity index (χ1) is 8.08. The van der Waals surface area contributed by atoms with Crippen molar-refractivity contribution in [3.63, 3.8) is 0 Å². The van der Waals surface area contributed by atoms with Gasteiger partial charge in [-0.1, -0.05) is 19.1 Å². The van der Waals surface area contributed by atoms with Crippen LogP contribution in [0, 0.1) is 0 Å². The fraction of sp³-hybridized carbons (Fsp3) is 0.571. The molecule has 1 aromatic rings. The SMILES string of the molecule is CCC(NC)c1ccc(N(C)CC(C)O)cc1. The summed E-state index contributed by atoms with van der Waals surface area (Å²) in [6.07, 6.45) is 0.777. The summed E-state index contributed by atoms with van der Waals surface area (Å²) in [5, 5.41) is 12.6. The monoisotopic (exact) mass is 236 g/mol. The molecule has 0 saturated carbocycles. The van der Waals surface area contributed by atoms with E-state index >= 15 is 0 Å². The van der Waals surface area contributed by atoms with Gasteiger partial charge in [-0.25, -0.2) is 0 Å². The Balaban J connectivity index is 2.73. The highest BCUT2D eigenvalue weighted by Crippen LogP contribution is 2.20. The molecule has 0 aliphatic carbocycles. The minimum absolute atomic E-state index is 0.305. The van der Waals surface area contributed by atoms with Gasteiger partial charge in [0.2, 0.25) is 0 Å². The normalized spacial score (nSPS) is 14.4. The van der Waals surface area contributed by atoms with Gasteiger partial charge in [0.15, 0.2) is 0 Å². The van der Waals surface area contributed by atoms with Crippen LogP contribution in [0.2, 0.25) is 0 Å². The average Bonchev–Trinajstić information content (AvgIpc) is 2.30. The second-order valence-corrected chi connectivity index (χ2v) is 4.57. The zero-order valence-corrected chi connectivity index (χ0v) is 11.3. The predicted molar refractivity (Wildman–Crippen MR) is 73.5 cm³/mol. The van der Waals surface area contributed by atoms with E-state index in [0.29, 0.717) is 12.6 Å². The lowest BCUT2D eigenvalue weighted by atomic mass is 10.0. The quantitative estimate of drug-likeness (QED) is 0.794. The summed E-state index contributed by atoms with van der Waals surface area (Å²) in [6, 6.07) is 8.94. The van der Waals surface area contributed by atoms with Crippen LogP contribution in [-0.4, -0.2) is 31.9 Å². The highest BCUT2D eigenvalue weighted by molar-refractivity contribution is 5.47. The number of aliphatic hydroxyl groups is 1. The fourth-order valence-electron chi connectivity index (χ4n) is 2.07. The molecule has 0 amide bonds.